The fraction of sp³-hybridized carbons (Fsp3) is 0.333. The molecule has 0 atom stereocenters. The Labute approximate surface area is 109 Å². The number of benzene rings is 1. The first kappa shape index (κ1) is 12.3. The molecule has 0 saturated heterocycles. The van der Waals surface area contributed by atoms with Gasteiger partial charge in [0.2, 0.25) is 0 Å². The van der Waals surface area contributed by atoms with Crippen molar-refractivity contribution in [3.63, 3.8) is 0 Å². The second-order valence-corrected chi connectivity index (χ2v) is 4.74. The van der Waals surface area contributed by atoms with Crippen LogP contribution in [-0.2, 0) is 13.1 Å². The smallest absolute Gasteiger partial charge is 0.0692 e. The molecule has 0 spiro atoms. The minimum atomic E-state index is 0.900. The van der Waals surface area contributed by atoms with E-state index >= 15 is 0 Å². The van der Waals surface area contributed by atoms with Gasteiger partial charge in [-0.25, -0.2) is 0 Å². The highest BCUT2D eigenvalue weighted by Gasteiger charge is 1.94. The van der Waals surface area contributed by atoms with Gasteiger partial charge >= 0.3 is 0 Å². The molecule has 17 heavy (non-hydrogen) atoms. The first-order valence-electron chi connectivity index (χ1n) is 5.64. The van der Waals surface area contributed by atoms with Crippen molar-refractivity contribution in [3.8, 4) is 0 Å². The summed E-state index contributed by atoms with van der Waals surface area (Å²) in [5, 5.41) is 11.1. The molecule has 0 amide bonds. The normalized spacial score (nSPS) is 10.6. The summed E-state index contributed by atoms with van der Waals surface area (Å²) in [4.78, 5) is 0. The van der Waals surface area contributed by atoms with E-state index in [1.807, 2.05) is 16.9 Å². The maximum absolute atomic E-state index is 3.92. The Kier molecular flexibility index (Phi) is 4.70. The van der Waals surface area contributed by atoms with Crippen LogP contribution in [0, 0.1) is 0 Å². The van der Waals surface area contributed by atoms with Gasteiger partial charge in [0.15, 0.2) is 0 Å². The Morgan fingerprint density at radius 3 is 3.06 bits per heavy atom. The first-order valence-corrected chi connectivity index (χ1v) is 6.43. The van der Waals surface area contributed by atoms with E-state index in [-0.39, 0.29) is 0 Å². The summed E-state index contributed by atoms with van der Waals surface area (Å²) < 4.78 is 2.97. The molecular formula is C12H15BrN4. The Morgan fingerprint density at radius 1 is 1.35 bits per heavy atom. The predicted octanol–water partition coefficient (Wildman–Crippen LogP) is 2.22. The summed E-state index contributed by atoms with van der Waals surface area (Å²) in [5.74, 6) is 0. The number of nitrogens with zero attached hydrogens (tertiary/aromatic N) is 3. The highest BCUT2D eigenvalue weighted by molar-refractivity contribution is 9.10. The van der Waals surface area contributed by atoms with Crippen molar-refractivity contribution >= 4 is 15.9 Å². The third-order valence-corrected chi connectivity index (χ3v) is 2.92. The lowest BCUT2D eigenvalue weighted by molar-refractivity contribution is 0.530. The van der Waals surface area contributed by atoms with Gasteiger partial charge in [-0.1, -0.05) is 33.3 Å². The molecule has 0 fully saturated rings. The third-order valence-electron chi connectivity index (χ3n) is 2.43. The van der Waals surface area contributed by atoms with Crippen molar-refractivity contribution < 1.29 is 0 Å². The van der Waals surface area contributed by atoms with E-state index in [2.05, 4.69) is 49.8 Å². The summed E-state index contributed by atoms with van der Waals surface area (Å²) in [6.07, 6.45) is 4.64. The van der Waals surface area contributed by atoms with E-state index in [9.17, 15) is 0 Å². The quantitative estimate of drug-likeness (QED) is 0.831. The third kappa shape index (κ3) is 4.28. The van der Waals surface area contributed by atoms with Crippen molar-refractivity contribution in [1.82, 2.24) is 20.3 Å². The lowest BCUT2D eigenvalue weighted by Crippen LogP contribution is -2.16. The van der Waals surface area contributed by atoms with Gasteiger partial charge in [-0.2, -0.15) is 0 Å². The topological polar surface area (TPSA) is 42.7 Å². The summed E-state index contributed by atoms with van der Waals surface area (Å²) in [6, 6.07) is 8.34. The van der Waals surface area contributed by atoms with Gasteiger partial charge in [0.1, 0.15) is 0 Å². The summed E-state index contributed by atoms with van der Waals surface area (Å²) >= 11 is 3.46. The zero-order chi connectivity index (χ0) is 11.9. The van der Waals surface area contributed by atoms with E-state index in [1.54, 1.807) is 6.20 Å². The SMILES string of the molecule is Brc1cccc(CNCCCn2ccnn2)c1. The van der Waals surface area contributed by atoms with Crippen LogP contribution in [0.15, 0.2) is 41.1 Å². The zero-order valence-electron chi connectivity index (χ0n) is 9.51. The molecule has 0 unspecified atom stereocenters. The van der Waals surface area contributed by atoms with Crippen LogP contribution >= 0.6 is 15.9 Å². The molecule has 0 saturated carbocycles. The van der Waals surface area contributed by atoms with Gasteiger partial charge in [0, 0.05) is 23.8 Å². The fourth-order valence-corrected chi connectivity index (χ4v) is 2.04. The number of hydrogen-bond donors (Lipinski definition) is 1. The zero-order valence-corrected chi connectivity index (χ0v) is 11.1. The average molecular weight is 295 g/mol. The van der Waals surface area contributed by atoms with Crippen LogP contribution in [0.5, 0.6) is 0 Å². The minimum absolute atomic E-state index is 0.900. The summed E-state index contributed by atoms with van der Waals surface area (Å²) in [5.41, 5.74) is 1.29. The van der Waals surface area contributed by atoms with E-state index in [4.69, 9.17) is 0 Å². The monoisotopic (exact) mass is 294 g/mol. The van der Waals surface area contributed by atoms with Crippen LogP contribution in [0.1, 0.15) is 12.0 Å². The molecule has 90 valence electrons. The maximum Gasteiger partial charge on any atom is 0.0692 e. The first-order chi connectivity index (χ1) is 8.34. The minimum Gasteiger partial charge on any atom is -0.313 e. The number of nitrogens with one attached hydrogen (secondary N) is 1. The molecule has 1 aromatic carbocycles. The van der Waals surface area contributed by atoms with Crippen molar-refractivity contribution in [2.75, 3.05) is 6.54 Å². The Balaban J connectivity index is 1.63. The number of rotatable bonds is 6. The molecule has 0 aliphatic rings. The van der Waals surface area contributed by atoms with E-state index in [1.165, 1.54) is 5.56 Å². The molecule has 1 heterocycles. The predicted molar refractivity (Wildman–Crippen MR) is 70.5 cm³/mol. The van der Waals surface area contributed by atoms with Gasteiger partial charge in [-0.05, 0) is 30.7 Å². The van der Waals surface area contributed by atoms with Crippen molar-refractivity contribution in [3.05, 3.63) is 46.7 Å². The second-order valence-electron chi connectivity index (χ2n) is 3.83. The summed E-state index contributed by atoms with van der Waals surface area (Å²) in [7, 11) is 0. The van der Waals surface area contributed by atoms with Crippen LogP contribution in [0.3, 0.4) is 0 Å². The molecule has 0 bridgehead atoms. The molecule has 0 aliphatic carbocycles. The Hall–Kier alpha value is -1.20. The molecule has 1 N–H and O–H groups in total. The molecule has 1 aromatic heterocycles. The molecular weight excluding hydrogens is 280 g/mol. The average Bonchev–Trinajstić information content (AvgIpc) is 2.82. The fourth-order valence-electron chi connectivity index (χ4n) is 1.60. The molecule has 2 rings (SSSR count). The second kappa shape index (κ2) is 6.51. The molecule has 0 radical (unpaired) electrons. The molecule has 2 aromatic rings. The highest BCUT2D eigenvalue weighted by Crippen LogP contribution is 2.11. The van der Waals surface area contributed by atoms with E-state index in [0.717, 1.165) is 30.5 Å². The summed E-state index contributed by atoms with van der Waals surface area (Å²) in [6.45, 7) is 2.79. The van der Waals surface area contributed by atoms with Gasteiger partial charge < -0.3 is 5.32 Å². The van der Waals surface area contributed by atoms with Gasteiger partial charge in [0.05, 0.1) is 6.20 Å². The number of hydrogen-bond acceptors (Lipinski definition) is 3. The van der Waals surface area contributed by atoms with E-state index < -0.39 is 0 Å². The van der Waals surface area contributed by atoms with Gasteiger partial charge in [-0.15, -0.1) is 5.10 Å². The van der Waals surface area contributed by atoms with Crippen molar-refractivity contribution in [2.45, 2.75) is 19.5 Å². The molecule has 5 heteroatoms. The van der Waals surface area contributed by atoms with Crippen LogP contribution in [0.4, 0.5) is 0 Å². The lowest BCUT2D eigenvalue weighted by atomic mass is 10.2. The molecule has 4 nitrogen and oxygen atoms in total. The van der Waals surface area contributed by atoms with E-state index in [0.29, 0.717) is 0 Å². The highest BCUT2D eigenvalue weighted by atomic mass is 79.9. The number of aromatic nitrogens is 3. The van der Waals surface area contributed by atoms with Crippen LogP contribution in [-0.4, -0.2) is 21.5 Å². The maximum atomic E-state index is 3.92. The van der Waals surface area contributed by atoms with Gasteiger partial charge in [-0.3, -0.25) is 4.68 Å². The number of halogens is 1. The standard InChI is InChI=1S/C12H15BrN4/c13-12-4-1-3-11(9-12)10-14-5-2-7-17-8-6-15-16-17/h1,3-4,6,8-9,14H,2,5,7,10H2. The molecule has 0 aliphatic heterocycles. The van der Waals surface area contributed by atoms with Crippen LogP contribution < -0.4 is 5.32 Å². The Morgan fingerprint density at radius 2 is 2.29 bits per heavy atom. The lowest BCUT2D eigenvalue weighted by Gasteiger charge is -2.05. The van der Waals surface area contributed by atoms with Crippen LogP contribution in [0.2, 0.25) is 0 Å². The van der Waals surface area contributed by atoms with Crippen LogP contribution in [0.25, 0.3) is 0 Å². The van der Waals surface area contributed by atoms with Crippen molar-refractivity contribution in [1.29, 1.82) is 0 Å². The Bertz CT molecular complexity index is 442. The van der Waals surface area contributed by atoms with Gasteiger partial charge in [0.25, 0.3) is 0 Å². The van der Waals surface area contributed by atoms with Crippen molar-refractivity contribution in [2.24, 2.45) is 0 Å². The number of aryl methyl sites for hydroxylation is 1. The largest absolute Gasteiger partial charge is 0.313 e.